The molecule has 0 unspecified atom stereocenters. The van der Waals surface area contributed by atoms with E-state index in [9.17, 15) is 4.79 Å². The van der Waals surface area contributed by atoms with Gasteiger partial charge in [0.1, 0.15) is 0 Å². The van der Waals surface area contributed by atoms with Crippen LogP contribution in [0.15, 0.2) is 48.8 Å². The van der Waals surface area contributed by atoms with Gasteiger partial charge in [0.05, 0.1) is 19.3 Å². The number of amides is 1. The minimum absolute atomic E-state index is 0.107. The van der Waals surface area contributed by atoms with Gasteiger partial charge in [0, 0.05) is 24.7 Å². The molecule has 2 aromatic rings. The van der Waals surface area contributed by atoms with E-state index in [0.717, 1.165) is 19.3 Å². The SMILES string of the molecule is CC(C)c1ccc(CCCC(=O)N[C@H]2COC[C@H]2Cc2ccncc2)cc1. The van der Waals surface area contributed by atoms with Crippen molar-refractivity contribution >= 4 is 5.91 Å². The predicted octanol–water partition coefficient (Wildman–Crippen LogP) is 3.90. The molecular formula is C23H30N2O2. The number of aryl methyl sites for hydroxylation is 1. The molecule has 1 fully saturated rings. The molecule has 2 heterocycles. The maximum atomic E-state index is 12.4. The fraction of sp³-hybridized carbons (Fsp3) is 0.478. The largest absolute Gasteiger partial charge is 0.379 e. The zero-order valence-corrected chi connectivity index (χ0v) is 16.4. The summed E-state index contributed by atoms with van der Waals surface area (Å²) < 4.78 is 5.62. The molecule has 1 aromatic carbocycles. The number of hydrogen-bond donors (Lipinski definition) is 1. The van der Waals surface area contributed by atoms with Crippen molar-refractivity contribution in [3.8, 4) is 0 Å². The van der Waals surface area contributed by atoms with E-state index in [1.54, 1.807) is 0 Å². The molecule has 4 nitrogen and oxygen atoms in total. The predicted molar refractivity (Wildman–Crippen MR) is 108 cm³/mol. The highest BCUT2D eigenvalue weighted by molar-refractivity contribution is 5.76. The first-order valence-electron chi connectivity index (χ1n) is 9.96. The van der Waals surface area contributed by atoms with E-state index in [-0.39, 0.29) is 11.9 Å². The summed E-state index contributed by atoms with van der Waals surface area (Å²) >= 11 is 0. The van der Waals surface area contributed by atoms with Gasteiger partial charge >= 0.3 is 0 Å². The van der Waals surface area contributed by atoms with Crippen LogP contribution in [0.2, 0.25) is 0 Å². The Labute approximate surface area is 162 Å². The van der Waals surface area contributed by atoms with Gasteiger partial charge in [-0.05, 0) is 54.0 Å². The maximum Gasteiger partial charge on any atom is 0.220 e. The molecule has 0 aliphatic carbocycles. The van der Waals surface area contributed by atoms with Crippen molar-refractivity contribution in [3.63, 3.8) is 0 Å². The second-order valence-electron chi connectivity index (χ2n) is 7.78. The third-order valence-electron chi connectivity index (χ3n) is 5.31. The van der Waals surface area contributed by atoms with Crippen LogP contribution in [0.4, 0.5) is 0 Å². The molecule has 0 radical (unpaired) electrons. The Balaban J connectivity index is 1.41. The summed E-state index contributed by atoms with van der Waals surface area (Å²) in [6.45, 7) is 5.72. The number of nitrogens with zero attached hydrogens (tertiary/aromatic N) is 1. The van der Waals surface area contributed by atoms with Gasteiger partial charge in [-0.25, -0.2) is 0 Å². The van der Waals surface area contributed by atoms with E-state index < -0.39 is 0 Å². The number of aromatic nitrogens is 1. The van der Waals surface area contributed by atoms with Crippen LogP contribution in [0.25, 0.3) is 0 Å². The molecule has 144 valence electrons. The highest BCUT2D eigenvalue weighted by atomic mass is 16.5. The molecule has 1 amide bonds. The van der Waals surface area contributed by atoms with Gasteiger partial charge in [0.25, 0.3) is 0 Å². The number of carbonyl (C=O) groups excluding carboxylic acids is 1. The second kappa shape index (κ2) is 9.65. The number of benzene rings is 1. The van der Waals surface area contributed by atoms with E-state index in [1.165, 1.54) is 16.7 Å². The average Bonchev–Trinajstić information content (AvgIpc) is 3.09. The number of carbonyl (C=O) groups is 1. The van der Waals surface area contributed by atoms with E-state index in [2.05, 4.69) is 48.4 Å². The van der Waals surface area contributed by atoms with Crippen LogP contribution in [0.3, 0.4) is 0 Å². The number of hydrogen-bond acceptors (Lipinski definition) is 3. The topological polar surface area (TPSA) is 51.2 Å². The average molecular weight is 367 g/mol. The van der Waals surface area contributed by atoms with Crippen LogP contribution in [0, 0.1) is 5.92 Å². The summed E-state index contributed by atoms with van der Waals surface area (Å²) in [4.78, 5) is 16.4. The lowest BCUT2D eigenvalue weighted by Gasteiger charge is -2.19. The second-order valence-corrected chi connectivity index (χ2v) is 7.78. The molecule has 1 N–H and O–H groups in total. The number of pyridine rings is 1. The Morgan fingerprint density at radius 2 is 1.85 bits per heavy atom. The van der Waals surface area contributed by atoms with Gasteiger partial charge in [0.2, 0.25) is 5.91 Å². The number of ether oxygens (including phenoxy) is 1. The first kappa shape index (κ1) is 19.6. The molecule has 27 heavy (non-hydrogen) atoms. The molecule has 1 saturated heterocycles. The normalized spacial score (nSPS) is 19.4. The third kappa shape index (κ3) is 5.90. The Hall–Kier alpha value is -2.20. The van der Waals surface area contributed by atoms with Crippen molar-refractivity contribution in [3.05, 3.63) is 65.5 Å². The van der Waals surface area contributed by atoms with E-state index >= 15 is 0 Å². The van der Waals surface area contributed by atoms with Gasteiger partial charge in [-0.15, -0.1) is 0 Å². The first-order valence-corrected chi connectivity index (χ1v) is 9.96. The molecule has 1 aliphatic rings. The van der Waals surface area contributed by atoms with Crippen molar-refractivity contribution < 1.29 is 9.53 Å². The van der Waals surface area contributed by atoms with Crippen LogP contribution in [-0.2, 0) is 22.4 Å². The molecule has 0 bridgehead atoms. The molecule has 3 rings (SSSR count). The third-order valence-corrected chi connectivity index (χ3v) is 5.31. The van der Waals surface area contributed by atoms with Crippen molar-refractivity contribution in [1.29, 1.82) is 0 Å². The van der Waals surface area contributed by atoms with Crippen molar-refractivity contribution in [2.24, 2.45) is 5.92 Å². The summed E-state index contributed by atoms with van der Waals surface area (Å²) in [5, 5.41) is 3.18. The minimum Gasteiger partial charge on any atom is -0.379 e. The van der Waals surface area contributed by atoms with Gasteiger partial charge < -0.3 is 10.1 Å². The quantitative estimate of drug-likeness (QED) is 0.771. The number of rotatable bonds is 8. The minimum atomic E-state index is 0.107. The van der Waals surface area contributed by atoms with Crippen molar-refractivity contribution in [2.45, 2.75) is 51.5 Å². The lowest BCUT2D eigenvalue weighted by molar-refractivity contribution is -0.122. The maximum absolute atomic E-state index is 12.4. The monoisotopic (exact) mass is 366 g/mol. The fourth-order valence-electron chi connectivity index (χ4n) is 3.58. The van der Waals surface area contributed by atoms with Gasteiger partial charge in [-0.2, -0.15) is 0 Å². The van der Waals surface area contributed by atoms with Crippen molar-refractivity contribution in [1.82, 2.24) is 10.3 Å². The van der Waals surface area contributed by atoms with Crippen LogP contribution < -0.4 is 5.32 Å². The zero-order valence-electron chi connectivity index (χ0n) is 16.4. The summed E-state index contributed by atoms with van der Waals surface area (Å²) in [5.41, 5.74) is 3.90. The Morgan fingerprint density at radius 3 is 2.56 bits per heavy atom. The van der Waals surface area contributed by atoms with E-state index in [1.807, 2.05) is 24.5 Å². The molecular weight excluding hydrogens is 336 g/mol. The van der Waals surface area contributed by atoms with Crippen LogP contribution in [0.5, 0.6) is 0 Å². The van der Waals surface area contributed by atoms with Gasteiger partial charge in [-0.3, -0.25) is 9.78 Å². The standard InChI is InChI=1S/C23H30N2O2/c1-17(2)20-8-6-18(7-9-20)4-3-5-23(26)25-22-16-27-15-21(22)14-19-10-12-24-13-11-19/h6-13,17,21-22H,3-5,14-16H2,1-2H3,(H,25,26)/t21-,22+/m1/s1. The molecule has 1 aromatic heterocycles. The summed E-state index contributed by atoms with van der Waals surface area (Å²) in [7, 11) is 0. The lowest BCUT2D eigenvalue weighted by Crippen LogP contribution is -2.40. The Morgan fingerprint density at radius 1 is 1.11 bits per heavy atom. The van der Waals surface area contributed by atoms with Crippen LogP contribution >= 0.6 is 0 Å². The highest BCUT2D eigenvalue weighted by Crippen LogP contribution is 2.19. The fourth-order valence-corrected chi connectivity index (χ4v) is 3.58. The summed E-state index contributed by atoms with van der Waals surface area (Å²) in [6, 6.07) is 12.9. The summed E-state index contributed by atoms with van der Waals surface area (Å²) in [6.07, 6.45) is 6.90. The number of nitrogens with one attached hydrogen (secondary N) is 1. The first-order chi connectivity index (χ1) is 13.1. The van der Waals surface area contributed by atoms with Crippen LogP contribution in [0.1, 0.15) is 49.3 Å². The van der Waals surface area contributed by atoms with E-state index in [4.69, 9.17) is 4.74 Å². The molecule has 2 atom stereocenters. The van der Waals surface area contributed by atoms with Gasteiger partial charge in [-0.1, -0.05) is 38.1 Å². The molecule has 1 aliphatic heterocycles. The molecule has 0 spiro atoms. The smallest absolute Gasteiger partial charge is 0.220 e. The van der Waals surface area contributed by atoms with Crippen LogP contribution in [-0.4, -0.2) is 30.1 Å². The molecule has 4 heteroatoms. The zero-order chi connectivity index (χ0) is 19.1. The van der Waals surface area contributed by atoms with Gasteiger partial charge in [0.15, 0.2) is 0 Å². The van der Waals surface area contributed by atoms with E-state index in [0.29, 0.717) is 31.5 Å². The lowest BCUT2D eigenvalue weighted by atomic mass is 9.95. The summed E-state index contributed by atoms with van der Waals surface area (Å²) in [5.74, 6) is 1.02. The highest BCUT2D eigenvalue weighted by Gasteiger charge is 2.29. The Kier molecular flexibility index (Phi) is 6.99. The molecule has 0 saturated carbocycles. The Bertz CT molecular complexity index is 713. The van der Waals surface area contributed by atoms with Crippen molar-refractivity contribution in [2.75, 3.05) is 13.2 Å².